The molecule has 8 heteroatoms. The number of nitrogens with one attached hydrogen (secondary N) is 1. The largest absolute Gasteiger partial charge is 0.496 e. The topological polar surface area (TPSA) is 103 Å². The number of carboxylic acid groups (broad SMARTS) is 1. The molecule has 0 radical (unpaired) electrons. The van der Waals surface area contributed by atoms with Crippen LogP contribution in [0.4, 0.5) is 5.82 Å². The van der Waals surface area contributed by atoms with Gasteiger partial charge in [-0.25, -0.2) is 14.8 Å². The SMILES string of the molecule is COc1cc(OC)c(CNc2cnc(C(=O)O)cn2)c(OC)c1. The molecular formula is C15H17N3O5. The molecule has 0 bridgehead atoms. The lowest BCUT2D eigenvalue weighted by molar-refractivity contribution is 0.0690. The maximum atomic E-state index is 10.8. The number of carboxylic acids is 1. The van der Waals surface area contributed by atoms with E-state index in [-0.39, 0.29) is 5.69 Å². The van der Waals surface area contributed by atoms with Gasteiger partial charge in [0.2, 0.25) is 0 Å². The minimum absolute atomic E-state index is 0.116. The number of aromatic nitrogens is 2. The van der Waals surface area contributed by atoms with Crippen molar-refractivity contribution < 1.29 is 24.1 Å². The van der Waals surface area contributed by atoms with Crippen molar-refractivity contribution >= 4 is 11.8 Å². The number of methoxy groups -OCH3 is 3. The number of hydrogen-bond donors (Lipinski definition) is 2. The van der Waals surface area contributed by atoms with E-state index in [1.165, 1.54) is 12.4 Å². The van der Waals surface area contributed by atoms with Gasteiger partial charge in [0.25, 0.3) is 0 Å². The third-order valence-electron chi connectivity index (χ3n) is 3.13. The summed E-state index contributed by atoms with van der Waals surface area (Å²) in [5.74, 6) is 1.14. The van der Waals surface area contributed by atoms with E-state index in [1.54, 1.807) is 33.5 Å². The molecule has 1 aromatic carbocycles. The molecule has 1 aromatic heterocycles. The van der Waals surface area contributed by atoms with Crippen LogP contribution in [0.1, 0.15) is 16.1 Å². The first-order valence-corrected chi connectivity index (χ1v) is 6.67. The molecule has 0 fully saturated rings. The lowest BCUT2D eigenvalue weighted by Gasteiger charge is -2.15. The summed E-state index contributed by atoms with van der Waals surface area (Å²) in [5, 5.41) is 11.8. The molecule has 2 rings (SSSR count). The Morgan fingerprint density at radius 1 is 1.09 bits per heavy atom. The second kappa shape index (κ2) is 7.30. The quantitative estimate of drug-likeness (QED) is 0.796. The van der Waals surface area contributed by atoms with Crippen molar-refractivity contribution in [1.29, 1.82) is 0 Å². The zero-order chi connectivity index (χ0) is 16.8. The van der Waals surface area contributed by atoms with Crippen molar-refractivity contribution in [3.63, 3.8) is 0 Å². The maximum absolute atomic E-state index is 10.8. The first-order chi connectivity index (χ1) is 11.1. The summed E-state index contributed by atoms with van der Waals surface area (Å²) in [7, 11) is 4.67. The normalized spacial score (nSPS) is 10.0. The third-order valence-corrected chi connectivity index (χ3v) is 3.13. The fourth-order valence-electron chi connectivity index (χ4n) is 1.96. The van der Waals surface area contributed by atoms with Crippen LogP contribution in [0.25, 0.3) is 0 Å². The lowest BCUT2D eigenvalue weighted by Crippen LogP contribution is -2.07. The standard InChI is InChI=1S/C15H17N3O5/c1-21-9-4-12(22-2)10(13(5-9)23-3)6-17-14-8-16-11(7-18-14)15(19)20/h4-5,7-8H,6H2,1-3H3,(H,17,18)(H,19,20). The van der Waals surface area contributed by atoms with Crippen LogP contribution < -0.4 is 19.5 Å². The number of nitrogens with zero attached hydrogens (tertiary/aromatic N) is 2. The van der Waals surface area contributed by atoms with Gasteiger partial charge in [-0.15, -0.1) is 0 Å². The summed E-state index contributed by atoms with van der Waals surface area (Å²) in [6.07, 6.45) is 2.54. The molecule has 0 aliphatic carbocycles. The molecule has 0 amide bonds. The van der Waals surface area contributed by atoms with Gasteiger partial charge in [-0.3, -0.25) is 0 Å². The monoisotopic (exact) mass is 319 g/mol. The van der Waals surface area contributed by atoms with E-state index in [2.05, 4.69) is 15.3 Å². The van der Waals surface area contributed by atoms with Gasteiger partial charge in [0.05, 0.1) is 39.3 Å². The predicted octanol–water partition coefficient (Wildman–Crippen LogP) is 1.81. The molecule has 2 N–H and O–H groups in total. The van der Waals surface area contributed by atoms with E-state index >= 15 is 0 Å². The molecule has 8 nitrogen and oxygen atoms in total. The van der Waals surface area contributed by atoms with Crippen molar-refractivity contribution in [3.8, 4) is 17.2 Å². The van der Waals surface area contributed by atoms with Crippen molar-refractivity contribution in [2.24, 2.45) is 0 Å². The zero-order valence-electron chi connectivity index (χ0n) is 13.0. The Balaban J connectivity index is 2.20. The first kappa shape index (κ1) is 16.3. The number of hydrogen-bond acceptors (Lipinski definition) is 7. The highest BCUT2D eigenvalue weighted by molar-refractivity contribution is 5.84. The summed E-state index contributed by atoms with van der Waals surface area (Å²) in [6.45, 7) is 0.359. The Bertz CT molecular complexity index is 663. The predicted molar refractivity (Wildman–Crippen MR) is 82.4 cm³/mol. The molecule has 2 aromatic rings. The highest BCUT2D eigenvalue weighted by Gasteiger charge is 2.13. The number of anilines is 1. The van der Waals surface area contributed by atoms with Crippen molar-refractivity contribution in [1.82, 2.24) is 9.97 Å². The Morgan fingerprint density at radius 2 is 1.74 bits per heavy atom. The Kier molecular flexibility index (Phi) is 5.19. The van der Waals surface area contributed by atoms with Gasteiger partial charge in [-0.2, -0.15) is 0 Å². The minimum Gasteiger partial charge on any atom is -0.496 e. The molecule has 1 heterocycles. The van der Waals surface area contributed by atoms with Gasteiger partial charge < -0.3 is 24.6 Å². The van der Waals surface area contributed by atoms with Crippen LogP contribution in [0, 0.1) is 0 Å². The van der Waals surface area contributed by atoms with Gasteiger partial charge >= 0.3 is 5.97 Å². The lowest BCUT2D eigenvalue weighted by atomic mass is 10.1. The van der Waals surface area contributed by atoms with Crippen LogP contribution in [-0.2, 0) is 6.54 Å². The average molecular weight is 319 g/mol. The van der Waals surface area contributed by atoms with Crippen molar-refractivity contribution in [3.05, 3.63) is 35.8 Å². The molecule has 0 atom stereocenters. The van der Waals surface area contributed by atoms with E-state index in [0.29, 0.717) is 29.6 Å². The van der Waals surface area contributed by atoms with Crippen molar-refractivity contribution in [2.75, 3.05) is 26.6 Å². The van der Waals surface area contributed by atoms with Crippen LogP contribution >= 0.6 is 0 Å². The maximum Gasteiger partial charge on any atom is 0.356 e. The van der Waals surface area contributed by atoms with Gasteiger partial charge in [-0.1, -0.05) is 0 Å². The summed E-state index contributed by atoms with van der Waals surface area (Å²) < 4.78 is 15.9. The molecule has 0 aliphatic rings. The fraction of sp³-hybridized carbons (Fsp3) is 0.267. The number of benzene rings is 1. The molecule has 0 aliphatic heterocycles. The zero-order valence-corrected chi connectivity index (χ0v) is 13.0. The fourth-order valence-corrected chi connectivity index (χ4v) is 1.96. The van der Waals surface area contributed by atoms with E-state index in [9.17, 15) is 4.79 Å². The van der Waals surface area contributed by atoms with Crippen LogP contribution in [0.15, 0.2) is 24.5 Å². The second-order valence-corrected chi connectivity index (χ2v) is 4.46. The number of ether oxygens (including phenoxy) is 3. The van der Waals surface area contributed by atoms with Gasteiger partial charge in [0.15, 0.2) is 5.69 Å². The minimum atomic E-state index is -1.12. The average Bonchev–Trinajstić information content (AvgIpc) is 2.59. The summed E-state index contributed by atoms with van der Waals surface area (Å²) in [6, 6.07) is 3.50. The number of rotatable bonds is 7. The Labute approximate surface area is 133 Å². The summed E-state index contributed by atoms with van der Waals surface area (Å²) in [5.41, 5.74) is 0.662. The van der Waals surface area contributed by atoms with Crippen LogP contribution in [0.5, 0.6) is 17.2 Å². The van der Waals surface area contributed by atoms with Gasteiger partial charge in [0, 0.05) is 18.7 Å². The molecule has 0 saturated carbocycles. The van der Waals surface area contributed by atoms with Gasteiger partial charge in [0.1, 0.15) is 23.1 Å². The van der Waals surface area contributed by atoms with Crippen LogP contribution in [-0.4, -0.2) is 42.4 Å². The van der Waals surface area contributed by atoms with Gasteiger partial charge in [-0.05, 0) is 0 Å². The molecule has 0 spiro atoms. The van der Waals surface area contributed by atoms with E-state index in [4.69, 9.17) is 19.3 Å². The second-order valence-electron chi connectivity index (χ2n) is 4.46. The molecule has 0 saturated heterocycles. The molecule has 0 unspecified atom stereocenters. The summed E-state index contributed by atoms with van der Waals surface area (Å²) >= 11 is 0. The molecule has 23 heavy (non-hydrogen) atoms. The van der Waals surface area contributed by atoms with E-state index in [0.717, 1.165) is 5.56 Å². The smallest absolute Gasteiger partial charge is 0.356 e. The Morgan fingerprint density at radius 3 is 2.17 bits per heavy atom. The van der Waals surface area contributed by atoms with Crippen LogP contribution in [0.3, 0.4) is 0 Å². The molecule has 122 valence electrons. The van der Waals surface area contributed by atoms with Crippen LogP contribution in [0.2, 0.25) is 0 Å². The number of aromatic carboxylic acids is 1. The molecular weight excluding hydrogens is 302 g/mol. The summed E-state index contributed by atoms with van der Waals surface area (Å²) in [4.78, 5) is 18.5. The third kappa shape index (κ3) is 3.79. The van der Waals surface area contributed by atoms with Crippen molar-refractivity contribution in [2.45, 2.75) is 6.54 Å². The highest BCUT2D eigenvalue weighted by atomic mass is 16.5. The highest BCUT2D eigenvalue weighted by Crippen LogP contribution is 2.34. The van der Waals surface area contributed by atoms with E-state index in [1.807, 2.05) is 0 Å². The number of carbonyl (C=O) groups is 1. The Hall–Kier alpha value is -3.03. The first-order valence-electron chi connectivity index (χ1n) is 6.67. The van der Waals surface area contributed by atoms with E-state index < -0.39 is 5.97 Å².